The van der Waals surface area contributed by atoms with Crippen LogP contribution in [-0.4, -0.2) is 35.5 Å². The highest BCUT2D eigenvalue weighted by Gasteiger charge is 2.34. The molecule has 2 aromatic heterocycles. The van der Waals surface area contributed by atoms with E-state index in [-0.39, 0.29) is 22.8 Å². The first-order valence-electron chi connectivity index (χ1n) is 9.43. The standard InChI is InChI=1S/C20H21ClN4O3S/c1-29(27,28)18-9-7-13(11-22-18)23-20(26)15-5-3-2-4-14(15)19-24-16-8-6-12(21)10-17(16)25-19/h6-11,14-15H,2-5H2,1H3,(H,23,26)(H,24,25)/t14-,15+/m1/s1. The second kappa shape index (κ2) is 7.76. The number of pyridine rings is 1. The fourth-order valence-electron chi connectivity index (χ4n) is 3.86. The number of H-pyrrole nitrogens is 1. The van der Waals surface area contributed by atoms with E-state index in [0.29, 0.717) is 10.7 Å². The predicted molar refractivity (Wildman–Crippen MR) is 112 cm³/mol. The lowest BCUT2D eigenvalue weighted by atomic mass is 9.78. The number of nitrogens with zero attached hydrogens (tertiary/aromatic N) is 2. The van der Waals surface area contributed by atoms with Gasteiger partial charge >= 0.3 is 0 Å². The Kier molecular flexibility index (Phi) is 5.31. The van der Waals surface area contributed by atoms with E-state index in [4.69, 9.17) is 11.6 Å². The molecule has 1 aliphatic rings. The minimum atomic E-state index is -3.37. The van der Waals surface area contributed by atoms with E-state index in [2.05, 4.69) is 20.3 Å². The molecule has 0 radical (unpaired) electrons. The van der Waals surface area contributed by atoms with Gasteiger partial charge < -0.3 is 10.3 Å². The molecule has 0 aliphatic heterocycles. The number of rotatable bonds is 4. The number of nitrogens with one attached hydrogen (secondary N) is 2. The van der Waals surface area contributed by atoms with Crippen LogP contribution in [0.15, 0.2) is 41.6 Å². The van der Waals surface area contributed by atoms with Gasteiger partial charge in [0.15, 0.2) is 14.9 Å². The Labute approximate surface area is 173 Å². The van der Waals surface area contributed by atoms with E-state index >= 15 is 0 Å². The average Bonchev–Trinajstić information content (AvgIpc) is 3.10. The molecule has 0 unspecified atom stereocenters. The van der Waals surface area contributed by atoms with Gasteiger partial charge in [0.2, 0.25) is 5.91 Å². The third-order valence-electron chi connectivity index (χ3n) is 5.30. The van der Waals surface area contributed by atoms with Crippen LogP contribution in [-0.2, 0) is 14.6 Å². The highest BCUT2D eigenvalue weighted by atomic mass is 35.5. The van der Waals surface area contributed by atoms with Crippen LogP contribution in [0.2, 0.25) is 5.02 Å². The zero-order valence-electron chi connectivity index (χ0n) is 15.9. The molecule has 1 saturated carbocycles. The van der Waals surface area contributed by atoms with Crippen molar-refractivity contribution in [2.45, 2.75) is 36.6 Å². The summed E-state index contributed by atoms with van der Waals surface area (Å²) in [5.74, 6) is 0.447. The summed E-state index contributed by atoms with van der Waals surface area (Å²) in [7, 11) is -3.37. The van der Waals surface area contributed by atoms with Crippen molar-refractivity contribution in [3.05, 3.63) is 47.4 Å². The van der Waals surface area contributed by atoms with E-state index in [1.807, 2.05) is 12.1 Å². The number of imidazole rings is 1. The van der Waals surface area contributed by atoms with Gasteiger partial charge in [-0.1, -0.05) is 24.4 Å². The second-order valence-corrected chi connectivity index (χ2v) is 9.83. The van der Waals surface area contributed by atoms with Gasteiger partial charge in [-0.25, -0.2) is 18.4 Å². The van der Waals surface area contributed by atoms with Crippen molar-refractivity contribution in [2.24, 2.45) is 5.92 Å². The Hall–Kier alpha value is -2.45. The van der Waals surface area contributed by atoms with Gasteiger partial charge in [-0.3, -0.25) is 4.79 Å². The number of hydrogen-bond donors (Lipinski definition) is 2. The van der Waals surface area contributed by atoms with E-state index in [0.717, 1.165) is 48.8 Å². The maximum Gasteiger partial charge on any atom is 0.228 e. The molecule has 29 heavy (non-hydrogen) atoms. The van der Waals surface area contributed by atoms with Crippen LogP contribution in [0.1, 0.15) is 37.4 Å². The molecule has 0 bridgehead atoms. The number of fused-ring (bicyclic) bond motifs is 1. The number of anilines is 1. The van der Waals surface area contributed by atoms with Crippen molar-refractivity contribution in [2.75, 3.05) is 11.6 Å². The third kappa shape index (κ3) is 4.28. The van der Waals surface area contributed by atoms with Gasteiger partial charge in [0.05, 0.1) is 22.9 Å². The molecular formula is C20H21ClN4O3S. The van der Waals surface area contributed by atoms with Gasteiger partial charge in [-0.2, -0.15) is 0 Å². The smallest absolute Gasteiger partial charge is 0.228 e. The lowest BCUT2D eigenvalue weighted by molar-refractivity contribution is -0.121. The van der Waals surface area contributed by atoms with Crippen LogP contribution >= 0.6 is 11.6 Å². The van der Waals surface area contributed by atoms with E-state index in [1.165, 1.54) is 12.3 Å². The lowest BCUT2D eigenvalue weighted by Crippen LogP contribution is -2.31. The summed E-state index contributed by atoms with van der Waals surface area (Å²) in [6, 6.07) is 8.45. The largest absolute Gasteiger partial charge is 0.342 e. The normalized spacial score (nSPS) is 19.9. The first kappa shape index (κ1) is 19.8. The number of carbonyl (C=O) groups excluding carboxylic acids is 1. The molecule has 2 atom stereocenters. The highest BCUT2D eigenvalue weighted by molar-refractivity contribution is 7.90. The summed E-state index contributed by atoms with van der Waals surface area (Å²) in [5, 5.41) is 3.49. The molecule has 7 nitrogen and oxygen atoms in total. The van der Waals surface area contributed by atoms with Crippen molar-refractivity contribution in [1.82, 2.24) is 15.0 Å². The molecule has 152 valence electrons. The number of sulfone groups is 1. The fraction of sp³-hybridized carbons (Fsp3) is 0.350. The van der Waals surface area contributed by atoms with Crippen LogP contribution in [0.25, 0.3) is 11.0 Å². The predicted octanol–water partition coefficient (Wildman–Crippen LogP) is 3.93. The molecule has 2 heterocycles. The van der Waals surface area contributed by atoms with Gasteiger partial charge in [-0.15, -0.1) is 0 Å². The summed E-state index contributed by atoms with van der Waals surface area (Å²) >= 11 is 6.07. The molecule has 1 amide bonds. The SMILES string of the molecule is CS(=O)(=O)c1ccc(NC(=O)[C@H]2CCCC[C@H]2c2nc3ccc(Cl)cc3[nH]2)cn1. The Morgan fingerprint density at radius 3 is 2.72 bits per heavy atom. The monoisotopic (exact) mass is 432 g/mol. The first-order valence-corrected chi connectivity index (χ1v) is 11.7. The molecule has 1 fully saturated rings. The molecular weight excluding hydrogens is 412 g/mol. The molecule has 4 rings (SSSR count). The maximum atomic E-state index is 13.0. The van der Waals surface area contributed by atoms with E-state index < -0.39 is 9.84 Å². The minimum Gasteiger partial charge on any atom is -0.342 e. The number of carbonyl (C=O) groups is 1. The Morgan fingerprint density at radius 1 is 1.21 bits per heavy atom. The van der Waals surface area contributed by atoms with Crippen molar-refractivity contribution in [3.8, 4) is 0 Å². The molecule has 0 spiro atoms. The summed E-state index contributed by atoms with van der Waals surface area (Å²) < 4.78 is 23.1. The van der Waals surface area contributed by atoms with Gasteiger partial charge in [0, 0.05) is 23.1 Å². The fourth-order valence-corrected chi connectivity index (χ4v) is 4.59. The summed E-state index contributed by atoms with van der Waals surface area (Å²) in [6.45, 7) is 0. The molecule has 1 aliphatic carbocycles. The Balaban J connectivity index is 1.55. The summed E-state index contributed by atoms with van der Waals surface area (Å²) in [6.07, 6.45) is 6.12. The number of amides is 1. The summed E-state index contributed by atoms with van der Waals surface area (Å²) in [5.41, 5.74) is 2.16. The lowest BCUT2D eigenvalue weighted by Gasteiger charge is -2.29. The second-order valence-electron chi connectivity index (χ2n) is 7.43. The molecule has 2 N–H and O–H groups in total. The van der Waals surface area contributed by atoms with E-state index in [9.17, 15) is 13.2 Å². The highest BCUT2D eigenvalue weighted by Crippen LogP contribution is 2.38. The van der Waals surface area contributed by atoms with Crippen LogP contribution in [0.5, 0.6) is 0 Å². The van der Waals surface area contributed by atoms with Crippen LogP contribution in [0.3, 0.4) is 0 Å². The summed E-state index contributed by atoms with van der Waals surface area (Å²) in [4.78, 5) is 24.9. The zero-order chi connectivity index (χ0) is 20.6. The van der Waals surface area contributed by atoms with Gasteiger partial charge in [-0.05, 0) is 43.2 Å². The number of aromatic amines is 1. The average molecular weight is 433 g/mol. The third-order valence-corrected chi connectivity index (χ3v) is 6.54. The quantitative estimate of drug-likeness (QED) is 0.649. The van der Waals surface area contributed by atoms with Gasteiger partial charge in [0.1, 0.15) is 5.82 Å². The zero-order valence-corrected chi connectivity index (χ0v) is 17.4. The van der Waals surface area contributed by atoms with Crippen molar-refractivity contribution in [3.63, 3.8) is 0 Å². The topological polar surface area (TPSA) is 105 Å². The molecule has 9 heteroatoms. The van der Waals surface area contributed by atoms with Crippen molar-refractivity contribution < 1.29 is 13.2 Å². The van der Waals surface area contributed by atoms with Crippen LogP contribution < -0.4 is 5.32 Å². The van der Waals surface area contributed by atoms with Crippen molar-refractivity contribution in [1.29, 1.82) is 0 Å². The van der Waals surface area contributed by atoms with Gasteiger partial charge in [0.25, 0.3) is 0 Å². The number of aromatic nitrogens is 3. The Bertz CT molecular complexity index is 1160. The molecule has 3 aromatic rings. The number of halogens is 1. The first-order chi connectivity index (χ1) is 13.8. The minimum absolute atomic E-state index is 0.0156. The molecule has 1 aromatic carbocycles. The molecule has 0 saturated heterocycles. The van der Waals surface area contributed by atoms with Crippen LogP contribution in [0, 0.1) is 5.92 Å². The van der Waals surface area contributed by atoms with Crippen molar-refractivity contribution >= 4 is 44.1 Å². The van der Waals surface area contributed by atoms with E-state index in [1.54, 1.807) is 12.1 Å². The maximum absolute atomic E-state index is 13.0. The van der Waals surface area contributed by atoms with Crippen LogP contribution in [0.4, 0.5) is 5.69 Å². The number of hydrogen-bond acceptors (Lipinski definition) is 5. The Morgan fingerprint density at radius 2 is 2.00 bits per heavy atom. The number of benzene rings is 1.